The third-order valence-electron chi connectivity index (χ3n) is 3.29. The number of aliphatic hydroxyl groups excluding tert-OH is 1. The van der Waals surface area contributed by atoms with Crippen LogP contribution >= 0.6 is 0 Å². The summed E-state index contributed by atoms with van der Waals surface area (Å²) >= 11 is 0. The van der Waals surface area contributed by atoms with Crippen LogP contribution in [-0.2, 0) is 10.9 Å². The lowest BCUT2D eigenvalue weighted by molar-refractivity contribution is 0.0983. The molecule has 15 heavy (non-hydrogen) atoms. The maximum Gasteiger partial charge on any atom is 0.167 e. The van der Waals surface area contributed by atoms with Gasteiger partial charge in [-0.15, -0.1) is 0 Å². The van der Waals surface area contributed by atoms with E-state index in [1.165, 1.54) is 12.8 Å². The van der Waals surface area contributed by atoms with Crippen LogP contribution in [0.25, 0.3) is 0 Å². The van der Waals surface area contributed by atoms with Gasteiger partial charge in [0.15, 0.2) is 5.25 Å². The van der Waals surface area contributed by atoms with Gasteiger partial charge in [-0.05, 0) is 31.5 Å². The van der Waals surface area contributed by atoms with Gasteiger partial charge in [-0.3, -0.25) is 0 Å². The second-order valence-electron chi connectivity index (χ2n) is 4.38. The molecule has 0 aromatic rings. The molecule has 4 atom stereocenters. The van der Waals surface area contributed by atoms with Gasteiger partial charge >= 0.3 is 0 Å². The summed E-state index contributed by atoms with van der Waals surface area (Å²) in [6.45, 7) is 2.09. The van der Waals surface area contributed by atoms with Crippen molar-refractivity contribution in [3.05, 3.63) is 23.6 Å². The zero-order valence-corrected chi connectivity index (χ0v) is 10.0. The minimum absolute atomic E-state index is 0.174. The third kappa shape index (κ3) is 2.65. The molecule has 3 heteroatoms. The van der Waals surface area contributed by atoms with Gasteiger partial charge < -0.3 is 10.4 Å². The maximum atomic E-state index is 10.4. The van der Waals surface area contributed by atoms with Crippen LogP contribution in [-0.4, -0.2) is 35.8 Å². The first-order valence-electron chi connectivity index (χ1n) is 5.66. The minimum Gasteiger partial charge on any atom is -0.387 e. The van der Waals surface area contributed by atoms with Crippen molar-refractivity contribution in [2.45, 2.75) is 24.2 Å². The topological polar surface area (TPSA) is 32.3 Å². The highest BCUT2D eigenvalue weighted by molar-refractivity contribution is 7.99. The zero-order valence-electron chi connectivity index (χ0n) is 9.23. The standard InChI is InChI=1S/C12H20NOS/c1-15-8-3-2-6-11(15)12(14)10-5-4-7-13-9-10/h2-3,6,8,10-14H,4-5,7,9H2,1H3/q+1. The molecule has 2 nitrogen and oxygen atoms in total. The first-order chi connectivity index (χ1) is 7.29. The van der Waals surface area contributed by atoms with Gasteiger partial charge in [0.2, 0.25) is 0 Å². The molecule has 2 rings (SSSR count). The largest absolute Gasteiger partial charge is 0.387 e. The van der Waals surface area contributed by atoms with E-state index < -0.39 is 0 Å². The Balaban J connectivity index is 1.96. The van der Waals surface area contributed by atoms with Crippen molar-refractivity contribution >= 4 is 10.9 Å². The molecule has 84 valence electrons. The molecule has 2 heterocycles. The minimum atomic E-state index is -0.174. The van der Waals surface area contributed by atoms with E-state index in [-0.39, 0.29) is 17.0 Å². The lowest BCUT2D eigenvalue weighted by atomic mass is 9.91. The van der Waals surface area contributed by atoms with Crippen molar-refractivity contribution < 1.29 is 5.11 Å². The lowest BCUT2D eigenvalue weighted by Crippen LogP contribution is -2.44. The quantitative estimate of drug-likeness (QED) is 0.690. The van der Waals surface area contributed by atoms with Crippen molar-refractivity contribution in [2.75, 3.05) is 19.3 Å². The summed E-state index contributed by atoms with van der Waals surface area (Å²) in [6.07, 6.45) is 10.7. The molecule has 2 aliphatic heterocycles. The number of rotatable bonds is 2. The van der Waals surface area contributed by atoms with Crippen LogP contribution in [0.2, 0.25) is 0 Å². The van der Waals surface area contributed by atoms with Crippen LogP contribution in [0.15, 0.2) is 23.6 Å². The molecule has 0 amide bonds. The second-order valence-corrected chi connectivity index (χ2v) is 6.41. The van der Waals surface area contributed by atoms with Crippen LogP contribution in [0.4, 0.5) is 0 Å². The van der Waals surface area contributed by atoms with Crippen LogP contribution < -0.4 is 5.32 Å². The molecule has 2 N–H and O–H groups in total. The molecular formula is C12H20NOS+. The van der Waals surface area contributed by atoms with Gasteiger partial charge in [-0.25, -0.2) is 0 Å². The molecule has 0 aromatic heterocycles. The molecule has 0 radical (unpaired) electrons. The number of hydrogen-bond acceptors (Lipinski definition) is 2. The van der Waals surface area contributed by atoms with Crippen LogP contribution in [0.3, 0.4) is 0 Å². The highest BCUT2D eigenvalue weighted by Gasteiger charge is 2.36. The monoisotopic (exact) mass is 226 g/mol. The first kappa shape index (κ1) is 11.2. The summed E-state index contributed by atoms with van der Waals surface area (Å²) in [5.41, 5.74) is 0. The second kappa shape index (κ2) is 5.19. The van der Waals surface area contributed by atoms with Crippen molar-refractivity contribution in [2.24, 2.45) is 5.92 Å². The van der Waals surface area contributed by atoms with Gasteiger partial charge in [0.05, 0.1) is 0 Å². The third-order valence-corrected chi connectivity index (χ3v) is 5.17. The highest BCUT2D eigenvalue weighted by atomic mass is 32.2. The Labute approximate surface area is 94.8 Å². The van der Waals surface area contributed by atoms with Crippen molar-refractivity contribution in [1.29, 1.82) is 0 Å². The fourth-order valence-electron chi connectivity index (χ4n) is 2.33. The van der Waals surface area contributed by atoms with Crippen LogP contribution in [0.1, 0.15) is 12.8 Å². The van der Waals surface area contributed by atoms with Crippen molar-refractivity contribution in [3.63, 3.8) is 0 Å². The molecule has 0 bridgehead atoms. The SMILES string of the molecule is C[S+]1C=CC=CC1C(O)C1CCCNC1. The summed E-state index contributed by atoms with van der Waals surface area (Å²) in [5, 5.41) is 16.3. The lowest BCUT2D eigenvalue weighted by Gasteiger charge is -2.30. The fourth-order valence-corrected chi connectivity index (χ4v) is 3.85. The fraction of sp³-hybridized carbons (Fsp3) is 0.667. The summed E-state index contributed by atoms with van der Waals surface area (Å²) in [6, 6.07) is 0. The smallest absolute Gasteiger partial charge is 0.167 e. The van der Waals surface area contributed by atoms with Crippen LogP contribution in [0, 0.1) is 5.92 Å². The number of nitrogens with one attached hydrogen (secondary N) is 1. The zero-order chi connectivity index (χ0) is 10.7. The Bertz CT molecular complexity index is 258. The Kier molecular flexibility index (Phi) is 3.89. The van der Waals surface area contributed by atoms with E-state index in [1.54, 1.807) is 0 Å². The van der Waals surface area contributed by atoms with Gasteiger partial charge in [-0.2, -0.15) is 0 Å². The van der Waals surface area contributed by atoms with E-state index >= 15 is 0 Å². The Hall–Kier alpha value is -0.250. The Morgan fingerprint density at radius 3 is 3.00 bits per heavy atom. The summed E-state index contributed by atoms with van der Waals surface area (Å²) in [5.74, 6) is 0.440. The maximum absolute atomic E-state index is 10.4. The van der Waals surface area contributed by atoms with Crippen LogP contribution in [0.5, 0.6) is 0 Å². The van der Waals surface area contributed by atoms with Gasteiger partial charge in [0.25, 0.3) is 0 Å². The van der Waals surface area contributed by atoms with E-state index in [4.69, 9.17) is 0 Å². The predicted octanol–water partition coefficient (Wildman–Crippen LogP) is 1.05. The number of aliphatic hydroxyl groups is 1. The first-order valence-corrected chi connectivity index (χ1v) is 7.42. The van der Waals surface area contributed by atoms with Gasteiger partial charge in [-0.1, -0.05) is 6.08 Å². The molecule has 1 saturated heterocycles. The van der Waals surface area contributed by atoms with Gasteiger partial charge in [0.1, 0.15) is 17.8 Å². The van der Waals surface area contributed by atoms with Gasteiger partial charge in [0, 0.05) is 23.4 Å². The predicted molar refractivity (Wildman–Crippen MR) is 67.0 cm³/mol. The van der Waals surface area contributed by atoms with E-state index in [2.05, 4.69) is 35.2 Å². The van der Waals surface area contributed by atoms with Crippen molar-refractivity contribution in [3.8, 4) is 0 Å². The summed E-state index contributed by atoms with van der Waals surface area (Å²) in [7, 11) is 0.195. The molecule has 0 spiro atoms. The van der Waals surface area contributed by atoms with Crippen molar-refractivity contribution in [1.82, 2.24) is 5.32 Å². The average Bonchev–Trinajstić information content (AvgIpc) is 2.30. The number of allylic oxidation sites excluding steroid dienone is 2. The average molecular weight is 226 g/mol. The Morgan fingerprint density at radius 2 is 2.33 bits per heavy atom. The summed E-state index contributed by atoms with van der Waals surface area (Å²) < 4.78 is 0. The number of piperidine rings is 1. The summed E-state index contributed by atoms with van der Waals surface area (Å²) in [4.78, 5) is 0. The molecular weight excluding hydrogens is 206 g/mol. The van der Waals surface area contributed by atoms with E-state index in [9.17, 15) is 5.11 Å². The molecule has 1 fully saturated rings. The highest BCUT2D eigenvalue weighted by Crippen LogP contribution is 2.24. The van der Waals surface area contributed by atoms with E-state index in [1.807, 2.05) is 0 Å². The number of hydrogen-bond donors (Lipinski definition) is 2. The molecule has 0 aromatic carbocycles. The van der Waals surface area contributed by atoms with E-state index in [0.717, 1.165) is 13.1 Å². The van der Waals surface area contributed by atoms with E-state index in [0.29, 0.717) is 11.2 Å². The molecule has 0 aliphatic carbocycles. The Morgan fingerprint density at radius 1 is 1.47 bits per heavy atom. The molecule has 4 unspecified atom stereocenters. The molecule has 0 saturated carbocycles. The molecule has 2 aliphatic rings. The normalized spacial score (nSPS) is 37.9.